The maximum absolute atomic E-state index is 12.6. The summed E-state index contributed by atoms with van der Waals surface area (Å²) < 4.78 is 37.9. The lowest BCUT2D eigenvalue weighted by molar-refractivity contribution is -0.137. The summed E-state index contributed by atoms with van der Waals surface area (Å²) in [5.74, 6) is 0. The molecule has 0 bridgehead atoms. The van der Waals surface area contributed by atoms with E-state index in [1.54, 1.807) is 0 Å². The number of alkyl halides is 3. The molecule has 1 aromatic carbocycles. The molecule has 1 unspecified atom stereocenters. The molecule has 1 aliphatic heterocycles. The minimum absolute atomic E-state index is 0.393. The molecule has 1 aromatic rings. The number of halogens is 3. The molecular weight excluding hydrogens is 243 g/mol. The number of hydrogen-bond donors (Lipinski definition) is 1. The van der Waals surface area contributed by atoms with Gasteiger partial charge in [-0.2, -0.15) is 13.2 Å². The first kappa shape index (κ1) is 13.2. The molecule has 5 heteroatoms. The molecule has 2 nitrogen and oxygen atoms in total. The number of anilines is 1. The number of rotatable bonds is 2. The second kappa shape index (κ2) is 4.80. The second-order valence-corrected chi connectivity index (χ2v) is 4.56. The van der Waals surface area contributed by atoms with Crippen molar-refractivity contribution < 1.29 is 18.3 Å². The van der Waals surface area contributed by atoms with Gasteiger partial charge in [0.25, 0.3) is 0 Å². The summed E-state index contributed by atoms with van der Waals surface area (Å²) in [7, 11) is 0. The summed E-state index contributed by atoms with van der Waals surface area (Å²) in [6, 6.07) is 3.62. The van der Waals surface area contributed by atoms with Gasteiger partial charge in [-0.3, -0.25) is 0 Å². The summed E-state index contributed by atoms with van der Waals surface area (Å²) in [6.45, 7) is 3.51. The lowest BCUT2D eigenvalue weighted by atomic mass is 9.96. The maximum atomic E-state index is 12.6. The maximum Gasteiger partial charge on any atom is 0.416 e. The fraction of sp³-hybridized carbons (Fsp3) is 0.538. The first-order chi connectivity index (χ1) is 8.43. The van der Waals surface area contributed by atoms with Crippen LogP contribution in [0, 0.1) is 0 Å². The van der Waals surface area contributed by atoms with E-state index in [4.69, 9.17) is 0 Å². The molecule has 1 N–H and O–H groups in total. The predicted molar refractivity (Wildman–Crippen MR) is 63.5 cm³/mol. The zero-order valence-electron chi connectivity index (χ0n) is 10.2. The lowest BCUT2D eigenvalue weighted by Crippen LogP contribution is -2.32. The van der Waals surface area contributed by atoms with E-state index < -0.39 is 17.8 Å². The zero-order chi connectivity index (χ0) is 13.3. The van der Waals surface area contributed by atoms with Crippen molar-refractivity contribution in [2.45, 2.75) is 32.0 Å². The number of benzene rings is 1. The van der Waals surface area contributed by atoms with Crippen LogP contribution >= 0.6 is 0 Å². The van der Waals surface area contributed by atoms with Gasteiger partial charge in [0.15, 0.2) is 0 Å². The first-order valence-corrected chi connectivity index (χ1v) is 6.07. The summed E-state index contributed by atoms with van der Waals surface area (Å²) in [4.78, 5) is 2.03. The number of aliphatic hydroxyl groups excluding tert-OH is 1. The van der Waals surface area contributed by atoms with Gasteiger partial charge in [-0.25, -0.2) is 0 Å². The van der Waals surface area contributed by atoms with Gasteiger partial charge >= 0.3 is 6.18 Å². The molecule has 0 aliphatic carbocycles. The minimum atomic E-state index is -4.36. The molecule has 0 fully saturated rings. The Morgan fingerprint density at radius 3 is 2.72 bits per heavy atom. The third kappa shape index (κ3) is 2.46. The van der Waals surface area contributed by atoms with E-state index in [1.165, 1.54) is 6.07 Å². The van der Waals surface area contributed by atoms with Crippen molar-refractivity contribution >= 4 is 5.69 Å². The van der Waals surface area contributed by atoms with E-state index >= 15 is 0 Å². The van der Waals surface area contributed by atoms with E-state index in [2.05, 4.69) is 0 Å². The van der Waals surface area contributed by atoms with Gasteiger partial charge in [-0.05, 0) is 31.0 Å². The summed E-state index contributed by atoms with van der Waals surface area (Å²) in [6.07, 6.45) is -3.75. The van der Waals surface area contributed by atoms with E-state index in [0.717, 1.165) is 30.8 Å². The summed E-state index contributed by atoms with van der Waals surface area (Å²) in [5.41, 5.74) is 0.423. The Hall–Kier alpha value is -1.23. The molecule has 1 heterocycles. The average molecular weight is 259 g/mol. The van der Waals surface area contributed by atoms with E-state index in [1.807, 2.05) is 11.8 Å². The van der Waals surface area contributed by atoms with Crippen LogP contribution in [-0.2, 0) is 6.18 Å². The highest BCUT2D eigenvalue weighted by atomic mass is 19.4. The summed E-state index contributed by atoms with van der Waals surface area (Å²) in [5, 5.41) is 9.84. The second-order valence-electron chi connectivity index (χ2n) is 4.56. The van der Waals surface area contributed by atoms with Crippen LogP contribution in [-0.4, -0.2) is 18.2 Å². The molecule has 100 valence electrons. The number of hydrogen-bond acceptors (Lipinski definition) is 2. The van der Waals surface area contributed by atoms with Crippen LogP contribution in [0.3, 0.4) is 0 Å². The Kier molecular flexibility index (Phi) is 3.52. The normalized spacial score (nSPS) is 19.8. The molecule has 0 amide bonds. The Morgan fingerprint density at radius 1 is 1.39 bits per heavy atom. The van der Waals surface area contributed by atoms with Gasteiger partial charge in [0.05, 0.1) is 11.7 Å². The van der Waals surface area contributed by atoms with Crippen molar-refractivity contribution in [3.63, 3.8) is 0 Å². The molecule has 1 aliphatic rings. The van der Waals surface area contributed by atoms with Crippen LogP contribution in [0.5, 0.6) is 0 Å². The quantitative estimate of drug-likeness (QED) is 0.880. The van der Waals surface area contributed by atoms with Crippen molar-refractivity contribution in [1.82, 2.24) is 0 Å². The summed E-state index contributed by atoms with van der Waals surface area (Å²) >= 11 is 0. The largest absolute Gasteiger partial charge is 0.416 e. The van der Waals surface area contributed by atoms with Crippen molar-refractivity contribution in [3.05, 3.63) is 29.3 Å². The highest BCUT2D eigenvalue weighted by Crippen LogP contribution is 2.38. The fourth-order valence-electron chi connectivity index (χ4n) is 2.34. The number of aliphatic hydroxyl groups is 1. The molecule has 0 radical (unpaired) electrons. The van der Waals surface area contributed by atoms with Gasteiger partial charge in [-0.1, -0.05) is 6.92 Å². The van der Waals surface area contributed by atoms with Gasteiger partial charge in [0, 0.05) is 24.3 Å². The van der Waals surface area contributed by atoms with Gasteiger partial charge in [0.2, 0.25) is 0 Å². The highest BCUT2D eigenvalue weighted by molar-refractivity contribution is 5.58. The lowest BCUT2D eigenvalue weighted by Gasteiger charge is -2.34. The van der Waals surface area contributed by atoms with Crippen LogP contribution in [0.2, 0.25) is 0 Å². The molecule has 0 aromatic heterocycles. The van der Waals surface area contributed by atoms with Crippen LogP contribution in [0.25, 0.3) is 0 Å². The third-order valence-corrected chi connectivity index (χ3v) is 3.22. The third-order valence-electron chi connectivity index (χ3n) is 3.22. The van der Waals surface area contributed by atoms with Crippen LogP contribution in [0.1, 0.15) is 37.0 Å². The average Bonchev–Trinajstić information content (AvgIpc) is 2.31. The Balaban J connectivity index is 2.40. The SMILES string of the molecule is CCCN1CCC(O)c2cc(C(F)(F)F)ccc21. The smallest absolute Gasteiger partial charge is 0.388 e. The molecule has 0 saturated carbocycles. The van der Waals surface area contributed by atoms with Gasteiger partial charge < -0.3 is 10.0 Å². The molecule has 18 heavy (non-hydrogen) atoms. The number of nitrogens with zero attached hydrogens (tertiary/aromatic N) is 1. The Bertz CT molecular complexity index is 431. The fourth-order valence-corrected chi connectivity index (χ4v) is 2.34. The number of fused-ring (bicyclic) bond motifs is 1. The minimum Gasteiger partial charge on any atom is -0.388 e. The standard InChI is InChI=1S/C13H16F3NO/c1-2-6-17-7-5-12(18)10-8-9(13(14,15)16)3-4-11(10)17/h3-4,8,12,18H,2,5-7H2,1H3. The van der Waals surface area contributed by atoms with E-state index in [0.29, 0.717) is 18.5 Å². The van der Waals surface area contributed by atoms with Crippen LogP contribution in [0.4, 0.5) is 18.9 Å². The van der Waals surface area contributed by atoms with Crippen molar-refractivity contribution in [1.29, 1.82) is 0 Å². The predicted octanol–water partition coefficient (Wildman–Crippen LogP) is 3.36. The molecule has 1 atom stereocenters. The zero-order valence-corrected chi connectivity index (χ0v) is 10.2. The Labute approximate surface area is 104 Å². The van der Waals surface area contributed by atoms with Crippen molar-refractivity contribution in [2.75, 3.05) is 18.0 Å². The highest BCUT2D eigenvalue weighted by Gasteiger charge is 2.33. The van der Waals surface area contributed by atoms with Crippen LogP contribution < -0.4 is 4.90 Å². The monoisotopic (exact) mass is 259 g/mol. The van der Waals surface area contributed by atoms with Crippen molar-refractivity contribution in [3.8, 4) is 0 Å². The van der Waals surface area contributed by atoms with Gasteiger partial charge in [-0.15, -0.1) is 0 Å². The Morgan fingerprint density at radius 2 is 2.11 bits per heavy atom. The van der Waals surface area contributed by atoms with E-state index in [-0.39, 0.29) is 0 Å². The molecule has 0 saturated heterocycles. The van der Waals surface area contributed by atoms with E-state index in [9.17, 15) is 18.3 Å². The molecular formula is C13H16F3NO. The van der Waals surface area contributed by atoms with Crippen molar-refractivity contribution in [2.24, 2.45) is 0 Å². The topological polar surface area (TPSA) is 23.5 Å². The molecule has 0 spiro atoms. The van der Waals surface area contributed by atoms with Crippen LogP contribution in [0.15, 0.2) is 18.2 Å². The first-order valence-electron chi connectivity index (χ1n) is 6.07. The molecule has 2 rings (SSSR count). The van der Waals surface area contributed by atoms with Gasteiger partial charge in [0.1, 0.15) is 0 Å².